The van der Waals surface area contributed by atoms with E-state index in [1.54, 1.807) is 6.08 Å². The molecule has 3 unspecified atom stereocenters. The molecule has 0 rings (SSSR count). The van der Waals surface area contributed by atoms with Gasteiger partial charge in [-0.3, -0.25) is 9.36 Å². The highest BCUT2D eigenvalue weighted by Gasteiger charge is 2.23. The third-order valence-corrected chi connectivity index (χ3v) is 13.7. The Labute approximate surface area is 445 Å². The number of hydrogen-bond donors (Lipinski definition) is 2. The maximum Gasteiger partial charge on any atom is 0.268 e. The molecule has 0 aromatic rings. The molecule has 0 saturated heterocycles. The minimum atomic E-state index is -4.62. The zero-order valence-electron chi connectivity index (χ0n) is 47.4. The first-order valence-corrected chi connectivity index (χ1v) is 31.1. The number of carbonyl (C=O) groups is 1. The Kier molecular flexibility index (Phi) is 51.3. The van der Waals surface area contributed by atoms with Crippen molar-refractivity contribution in [2.45, 2.75) is 257 Å². The molecule has 0 aliphatic rings. The maximum absolute atomic E-state index is 13.0. The topological polar surface area (TPSA) is 108 Å². The molecule has 0 aliphatic carbocycles. The summed E-state index contributed by atoms with van der Waals surface area (Å²) < 4.78 is 23.3. The van der Waals surface area contributed by atoms with Gasteiger partial charge in [0.15, 0.2) is 0 Å². The summed E-state index contributed by atoms with van der Waals surface area (Å²) in [5, 5.41) is 13.9. The zero-order valence-corrected chi connectivity index (χ0v) is 48.2. The minimum Gasteiger partial charge on any atom is -0.756 e. The van der Waals surface area contributed by atoms with Crippen LogP contribution in [0.4, 0.5) is 0 Å². The van der Waals surface area contributed by atoms with Crippen molar-refractivity contribution in [2.24, 2.45) is 0 Å². The van der Waals surface area contributed by atoms with Gasteiger partial charge in [0.05, 0.1) is 39.9 Å². The lowest BCUT2D eigenvalue weighted by molar-refractivity contribution is -0.870. The van der Waals surface area contributed by atoms with Crippen LogP contribution in [0.1, 0.15) is 245 Å². The Morgan fingerprint density at radius 1 is 0.500 bits per heavy atom. The fourth-order valence-corrected chi connectivity index (χ4v) is 8.88. The number of hydrogen-bond acceptors (Lipinski definition) is 6. The summed E-state index contributed by atoms with van der Waals surface area (Å²) in [6, 6.07) is -0.921. The molecule has 3 atom stereocenters. The fraction of sp³-hybridized carbons (Fsp3) is 0.730. The van der Waals surface area contributed by atoms with E-state index in [0.29, 0.717) is 17.4 Å². The van der Waals surface area contributed by atoms with E-state index in [-0.39, 0.29) is 12.5 Å². The number of likely N-dealkylation sites (N-methyl/N-ethyl adjacent to an activating group) is 1. The standard InChI is InChI=1S/C63H113N2O6P/c1-6-8-10-12-14-16-18-20-22-24-26-28-30-32-34-36-38-40-42-44-46-48-50-52-54-56-62(66)61(60-71-72(68,69)70-59-58-65(3,4)5)64-63(67)57-55-53-51-49-47-45-43-41-39-37-35-33-31-29-27-25-23-21-19-17-15-13-11-9-7-2/h9,11,15,17,21,23,27,29,33,35,38,40,46,48,54,56,61-62,66H,6-8,10,12-14,16,18-20,22,24-26,28,30-32,34,36-37,39,41-45,47,49-53,55,57-60H2,1-5H3,(H-,64,67,68,69)/b11-9-,17-15-,23-21-,29-27-,35-33-,40-38+,48-46+,56-54+. The first kappa shape index (κ1) is 69.4. The van der Waals surface area contributed by atoms with E-state index in [4.69, 9.17) is 9.05 Å². The third kappa shape index (κ3) is 55.2. The number of nitrogens with one attached hydrogen (secondary N) is 1. The van der Waals surface area contributed by atoms with Gasteiger partial charge in [-0.25, -0.2) is 0 Å². The summed E-state index contributed by atoms with van der Waals surface area (Å²) in [7, 11) is 1.22. The van der Waals surface area contributed by atoms with Crippen LogP contribution >= 0.6 is 7.82 Å². The van der Waals surface area contributed by atoms with Gasteiger partial charge in [-0.1, -0.05) is 246 Å². The van der Waals surface area contributed by atoms with Gasteiger partial charge in [0.25, 0.3) is 7.82 Å². The highest BCUT2D eigenvalue weighted by Crippen LogP contribution is 2.38. The molecule has 416 valence electrons. The summed E-state index contributed by atoms with van der Waals surface area (Å²) in [5.41, 5.74) is 0. The second-order valence-electron chi connectivity index (χ2n) is 20.9. The third-order valence-electron chi connectivity index (χ3n) is 12.8. The Balaban J connectivity index is 4.31. The molecule has 0 radical (unpaired) electrons. The Morgan fingerprint density at radius 3 is 1.29 bits per heavy atom. The van der Waals surface area contributed by atoms with Crippen LogP contribution < -0.4 is 10.2 Å². The molecule has 0 aromatic carbocycles. The van der Waals surface area contributed by atoms with Gasteiger partial charge in [-0.05, 0) is 89.9 Å². The lowest BCUT2D eigenvalue weighted by Gasteiger charge is -2.29. The molecule has 9 heteroatoms. The highest BCUT2D eigenvalue weighted by atomic mass is 31.2. The summed E-state index contributed by atoms with van der Waals surface area (Å²) >= 11 is 0. The molecule has 2 N–H and O–H groups in total. The van der Waals surface area contributed by atoms with Gasteiger partial charge in [0.2, 0.25) is 5.91 Å². The number of amides is 1. The molecule has 0 saturated carbocycles. The van der Waals surface area contributed by atoms with Gasteiger partial charge >= 0.3 is 0 Å². The zero-order chi connectivity index (χ0) is 52.7. The number of carbonyl (C=O) groups excluding carboxylic acids is 1. The van der Waals surface area contributed by atoms with Crippen molar-refractivity contribution in [3.63, 3.8) is 0 Å². The highest BCUT2D eigenvalue weighted by molar-refractivity contribution is 7.45. The lowest BCUT2D eigenvalue weighted by atomic mass is 10.0. The van der Waals surface area contributed by atoms with E-state index < -0.39 is 26.6 Å². The number of quaternary nitrogens is 1. The molecule has 0 aromatic heterocycles. The average molecular weight is 1030 g/mol. The number of aliphatic hydroxyl groups is 1. The van der Waals surface area contributed by atoms with E-state index in [9.17, 15) is 19.4 Å². The summed E-state index contributed by atoms with van der Waals surface area (Å²) in [4.78, 5) is 25.5. The summed E-state index contributed by atoms with van der Waals surface area (Å²) in [5.74, 6) is -0.220. The van der Waals surface area contributed by atoms with Gasteiger partial charge in [0, 0.05) is 6.42 Å². The Morgan fingerprint density at radius 2 is 0.861 bits per heavy atom. The monoisotopic (exact) mass is 1020 g/mol. The molecular weight excluding hydrogens is 912 g/mol. The summed E-state index contributed by atoms with van der Waals surface area (Å²) in [6.45, 7) is 4.51. The quantitative estimate of drug-likeness (QED) is 0.0272. The predicted octanol–water partition coefficient (Wildman–Crippen LogP) is 17.6. The maximum atomic E-state index is 13.0. The molecule has 0 aliphatic heterocycles. The van der Waals surface area contributed by atoms with E-state index in [1.165, 1.54) is 135 Å². The molecular formula is C63H113N2O6P. The van der Waals surface area contributed by atoms with Crippen LogP contribution in [-0.2, 0) is 18.4 Å². The fourth-order valence-electron chi connectivity index (χ4n) is 8.15. The lowest BCUT2D eigenvalue weighted by Crippen LogP contribution is -2.45. The first-order valence-electron chi connectivity index (χ1n) is 29.6. The smallest absolute Gasteiger partial charge is 0.268 e. The van der Waals surface area contributed by atoms with Crippen LogP contribution in [-0.4, -0.2) is 68.5 Å². The van der Waals surface area contributed by atoms with Crippen molar-refractivity contribution < 1.29 is 32.9 Å². The molecule has 0 bridgehead atoms. The summed E-state index contributed by atoms with van der Waals surface area (Å²) in [6.07, 6.45) is 76.3. The molecule has 1 amide bonds. The van der Waals surface area contributed by atoms with E-state index in [0.717, 1.165) is 89.9 Å². The van der Waals surface area contributed by atoms with Crippen molar-refractivity contribution in [3.05, 3.63) is 97.2 Å². The number of rotatable bonds is 53. The van der Waals surface area contributed by atoms with Gasteiger partial charge < -0.3 is 28.8 Å². The van der Waals surface area contributed by atoms with Crippen molar-refractivity contribution >= 4 is 13.7 Å². The number of allylic oxidation sites excluding steroid dienone is 15. The van der Waals surface area contributed by atoms with E-state index in [1.807, 2.05) is 27.2 Å². The van der Waals surface area contributed by atoms with Gasteiger partial charge in [0.1, 0.15) is 13.2 Å². The number of nitrogens with zero attached hydrogens (tertiary/aromatic N) is 1. The van der Waals surface area contributed by atoms with Crippen LogP contribution in [0.3, 0.4) is 0 Å². The SMILES string of the molecule is CC/C=C\C/C=C\C/C=C\C/C=C\C/C=C\CCCCCCCCCCCC(=O)NC(COP(=O)([O-])OCC[N+](C)(C)C)C(O)/C=C/CC/C=C/CC/C=C/CCCCCCCCCCCCCCCCC. The molecule has 0 spiro atoms. The normalized spacial score (nSPS) is 14.6. The predicted molar refractivity (Wildman–Crippen MR) is 311 cm³/mol. The largest absolute Gasteiger partial charge is 0.756 e. The first-order chi connectivity index (χ1) is 35.0. The number of phosphoric ester groups is 1. The van der Waals surface area contributed by atoms with Crippen LogP contribution in [0.15, 0.2) is 97.2 Å². The van der Waals surface area contributed by atoms with Crippen molar-refractivity contribution in [3.8, 4) is 0 Å². The average Bonchev–Trinajstić information content (AvgIpc) is 3.34. The molecule has 8 nitrogen and oxygen atoms in total. The van der Waals surface area contributed by atoms with Gasteiger partial charge in [-0.2, -0.15) is 0 Å². The van der Waals surface area contributed by atoms with Gasteiger partial charge in [-0.15, -0.1) is 0 Å². The van der Waals surface area contributed by atoms with Crippen LogP contribution in [0.5, 0.6) is 0 Å². The second kappa shape index (κ2) is 53.3. The number of aliphatic hydroxyl groups excluding tert-OH is 1. The number of phosphoric acid groups is 1. The van der Waals surface area contributed by atoms with Crippen molar-refractivity contribution in [1.82, 2.24) is 5.32 Å². The molecule has 0 heterocycles. The Bertz CT molecular complexity index is 1490. The van der Waals surface area contributed by atoms with E-state index >= 15 is 0 Å². The van der Waals surface area contributed by atoms with Crippen LogP contribution in [0.2, 0.25) is 0 Å². The van der Waals surface area contributed by atoms with E-state index in [2.05, 4.69) is 104 Å². The van der Waals surface area contributed by atoms with Crippen molar-refractivity contribution in [2.75, 3.05) is 40.9 Å². The van der Waals surface area contributed by atoms with Crippen LogP contribution in [0.25, 0.3) is 0 Å². The van der Waals surface area contributed by atoms with Crippen LogP contribution in [0, 0.1) is 0 Å². The Hall–Kier alpha value is -2.58. The minimum absolute atomic E-state index is 0.0149. The molecule has 0 fully saturated rings. The second-order valence-corrected chi connectivity index (χ2v) is 22.4. The molecule has 72 heavy (non-hydrogen) atoms. The number of unbranched alkanes of at least 4 members (excludes halogenated alkanes) is 26. The van der Waals surface area contributed by atoms with Crippen molar-refractivity contribution in [1.29, 1.82) is 0 Å².